The first-order valence-electron chi connectivity index (χ1n) is 15.0. The summed E-state index contributed by atoms with van der Waals surface area (Å²) in [6.45, 7) is 6.86. The molecule has 0 fully saturated rings. The lowest BCUT2D eigenvalue weighted by atomic mass is 9.97. The topological polar surface area (TPSA) is 121 Å². The SMILES string of the molecule is COc1nc(-c2cccc(-c3cccc(-c4ccn5c(=O)c(CNCC(C)O)c(C)nc5c4)c3Cl)c2Cl)ccc1CNCC(C)O. The van der Waals surface area contributed by atoms with Crippen LogP contribution in [0.2, 0.25) is 10.0 Å². The number of fused-ring (bicyclic) bond motifs is 1. The molecule has 46 heavy (non-hydrogen) atoms. The highest BCUT2D eigenvalue weighted by Gasteiger charge is 2.18. The number of methoxy groups -OCH3 is 1. The summed E-state index contributed by atoms with van der Waals surface area (Å²) in [5.41, 5.74) is 6.82. The molecule has 9 nitrogen and oxygen atoms in total. The van der Waals surface area contributed by atoms with E-state index in [-0.39, 0.29) is 5.56 Å². The van der Waals surface area contributed by atoms with Crippen molar-refractivity contribution < 1.29 is 14.9 Å². The smallest absolute Gasteiger partial charge is 0.262 e. The molecule has 2 atom stereocenters. The maximum absolute atomic E-state index is 13.2. The van der Waals surface area contributed by atoms with Gasteiger partial charge in [0, 0.05) is 65.9 Å². The van der Waals surface area contributed by atoms with Gasteiger partial charge in [-0.05, 0) is 44.5 Å². The fourth-order valence-corrected chi connectivity index (χ4v) is 5.97. The maximum atomic E-state index is 13.2. The molecule has 0 radical (unpaired) electrons. The van der Waals surface area contributed by atoms with E-state index in [9.17, 15) is 15.0 Å². The number of benzene rings is 2. The quantitative estimate of drug-likeness (QED) is 0.135. The molecule has 0 spiro atoms. The summed E-state index contributed by atoms with van der Waals surface area (Å²) in [7, 11) is 1.57. The lowest BCUT2D eigenvalue weighted by molar-refractivity contribution is 0.190. The van der Waals surface area contributed by atoms with Gasteiger partial charge in [-0.25, -0.2) is 9.97 Å². The minimum absolute atomic E-state index is 0.162. The van der Waals surface area contributed by atoms with Crippen molar-refractivity contribution in [2.24, 2.45) is 0 Å². The Morgan fingerprint density at radius 3 is 2.11 bits per heavy atom. The molecular weight excluding hydrogens is 625 g/mol. The summed E-state index contributed by atoms with van der Waals surface area (Å²) in [6.07, 6.45) is 0.732. The van der Waals surface area contributed by atoms with E-state index in [1.807, 2.05) is 67.6 Å². The number of nitrogens with zero attached hydrogens (tertiary/aromatic N) is 3. The maximum Gasteiger partial charge on any atom is 0.262 e. The molecule has 0 aliphatic heterocycles. The number of rotatable bonds is 12. The summed E-state index contributed by atoms with van der Waals surface area (Å²) in [4.78, 5) is 22.7. The van der Waals surface area contributed by atoms with Crippen LogP contribution < -0.4 is 20.9 Å². The van der Waals surface area contributed by atoms with Crippen molar-refractivity contribution in [1.82, 2.24) is 25.0 Å². The van der Waals surface area contributed by atoms with E-state index in [2.05, 4.69) is 10.6 Å². The van der Waals surface area contributed by atoms with Gasteiger partial charge < -0.3 is 25.6 Å². The van der Waals surface area contributed by atoms with Crippen LogP contribution >= 0.6 is 23.2 Å². The van der Waals surface area contributed by atoms with Crippen LogP contribution in [0.15, 0.2) is 71.7 Å². The van der Waals surface area contributed by atoms with Crippen molar-refractivity contribution in [3.05, 3.63) is 104 Å². The molecule has 240 valence electrons. The minimum Gasteiger partial charge on any atom is -0.481 e. The number of halogens is 2. The van der Waals surface area contributed by atoms with Gasteiger partial charge in [-0.3, -0.25) is 9.20 Å². The Kier molecular flexibility index (Phi) is 10.7. The molecule has 2 aromatic carbocycles. The van der Waals surface area contributed by atoms with Crippen molar-refractivity contribution in [2.45, 2.75) is 46.1 Å². The molecule has 5 rings (SSSR count). The number of aryl methyl sites for hydroxylation is 1. The van der Waals surface area contributed by atoms with Crippen molar-refractivity contribution in [3.63, 3.8) is 0 Å². The fraction of sp³-hybridized carbons (Fsp3) is 0.286. The Morgan fingerprint density at radius 1 is 0.848 bits per heavy atom. The highest BCUT2D eigenvalue weighted by atomic mass is 35.5. The summed E-state index contributed by atoms with van der Waals surface area (Å²) in [5.74, 6) is 0.472. The van der Waals surface area contributed by atoms with Gasteiger partial charge in [0.05, 0.1) is 40.6 Å². The Balaban J connectivity index is 1.48. The van der Waals surface area contributed by atoms with E-state index < -0.39 is 12.2 Å². The number of hydrogen-bond donors (Lipinski definition) is 4. The molecule has 2 unspecified atom stereocenters. The third-order valence-electron chi connectivity index (χ3n) is 7.63. The second kappa shape index (κ2) is 14.7. The van der Waals surface area contributed by atoms with E-state index in [0.717, 1.165) is 33.4 Å². The summed E-state index contributed by atoms with van der Waals surface area (Å²) in [6, 6.07) is 19.0. The lowest BCUT2D eigenvalue weighted by Crippen LogP contribution is -2.30. The van der Waals surface area contributed by atoms with Crippen LogP contribution in [0.5, 0.6) is 5.88 Å². The third kappa shape index (κ3) is 7.25. The van der Waals surface area contributed by atoms with Crippen molar-refractivity contribution >= 4 is 28.8 Å². The number of aliphatic hydroxyl groups excluding tert-OH is 2. The monoisotopic (exact) mass is 661 g/mol. The molecule has 0 saturated heterocycles. The van der Waals surface area contributed by atoms with Gasteiger partial charge in [0.25, 0.3) is 5.56 Å². The van der Waals surface area contributed by atoms with Crippen LogP contribution in [-0.2, 0) is 13.1 Å². The predicted molar refractivity (Wildman–Crippen MR) is 184 cm³/mol. The second-order valence-corrected chi connectivity index (χ2v) is 12.0. The Morgan fingerprint density at radius 2 is 1.46 bits per heavy atom. The zero-order chi connectivity index (χ0) is 33.0. The van der Waals surface area contributed by atoms with Gasteiger partial charge in [0.2, 0.25) is 5.88 Å². The van der Waals surface area contributed by atoms with E-state index in [0.29, 0.717) is 64.7 Å². The number of ether oxygens (including phenoxy) is 1. The molecule has 0 aliphatic rings. The summed E-state index contributed by atoms with van der Waals surface area (Å²) >= 11 is 14.1. The Hall–Kier alpha value is -3.83. The normalized spacial score (nSPS) is 12.8. The predicted octanol–water partition coefficient (Wildman–Crippen LogP) is 5.66. The van der Waals surface area contributed by atoms with Gasteiger partial charge in [0.15, 0.2) is 0 Å². The van der Waals surface area contributed by atoms with Crippen LogP contribution in [-0.4, -0.2) is 57.0 Å². The van der Waals surface area contributed by atoms with Crippen molar-refractivity contribution in [3.8, 4) is 39.4 Å². The molecule has 3 aromatic heterocycles. The van der Waals surface area contributed by atoms with Crippen LogP contribution in [0.3, 0.4) is 0 Å². The molecular formula is C35H37Cl2N5O4. The molecule has 4 N–H and O–H groups in total. The van der Waals surface area contributed by atoms with Crippen LogP contribution in [0.4, 0.5) is 0 Å². The second-order valence-electron chi connectivity index (χ2n) is 11.3. The number of aliphatic hydroxyl groups is 2. The first-order valence-corrected chi connectivity index (χ1v) is 15.8. The Bertz CT molecular complexity index is 1930. The molecule has 0 bridgehead atoms. The van der Waals surface area contributed by atoms with Crippen molar-refractivity contribution in [1.29, 1.82) is 0 Å². The average Bonchev–Trinajstić information content (AvgIpc) is 3.02. The van der Waals surface area contributed by atoms with E-state index >= 15 is 0 Å². The van der Waals surface area contributed by atoms with Gasteiger partial charge in [-0.2, -0.15) is 0 Å². The molecule has 5 aromatic rings. The third-order valence-corrected chi connectivity index (χ3v) is 8.45. The standard InChI is InChI=1S/C35H37Cl2N5O4/c1-20(43)16-38-18-24-11-12-30(41-34(24)46-4)28-10-6-9-27(33(28)37)26-8-5-7-25(32(26)36)23-13-14-42-31(15-23)40-22(3)29(35(42)45)19-39-17-21(2)44/h5-15,20-21,38-39,43-44H,16-19H2,1-4H3. The Labute approximate surface area is 277 Å². The first-order chi connectivity index (χ1) is 22.1. The van der Waals surface area contributed by atoms with E-state index in [1.54, 1.807) is 27.2 Å². The summed E-state index contributed by atoms with van der Waals surface area (Å²) in [5, 5.41) is 26.4. The molecule has 3 heterocycles. The molecule has 11 heteroatoms. The van der Waals surface area contributed by atoms with Crippen molar-refractivity contribution in [2.75, 3.05) is 20.2 Å². The van der Waals surface area contributed by atoms with Gasteiger partial charge in [-0.15, -0.1) is 0 Å². The lowest BCUT2D eigenvalue weighted by Gasteiger charge is -2.15. The number of aromatic nitrogens is 3. The van der Waals surface area contributed by atoms with Crippen LogP contribution in [0.25, 0.3) is 39.2 Å². The van der Waals surface area contributed by atoms with Crippen LogP contribution in [0, 0.1) is 6.92 Å². The molecule has 0 amide bonds. The fourth-order valence-electron chi connectivity index (χ4n) is 5.31. The zero-order valence-electron chi connectivity index (χ0n) is 26.1. The number of nitrogens with one attached hydrogen (secondary N) is 2. The van der Waals surface area contributed by atoms with E-state index in [4.69, 9.17) is 37.9 Å². The van der Waals surface area contributed by atoms with Gasteiger partial charge in [-0.1, -0.05) is 65.7 Å². The first kappa shape index (κ1) is 33.5. The molecule has 0 saturated carbocycles. The molecule has 0 aliphatic carbocycles. The number of hydrogen-bond acceptors (Lipinski definition) is 8. The van der Waals surface area contributed by atoms with Gasteiger partial charge >= 0.3 is 0 Å². The zero-order valence-corrected chi connectivity index (χ0v) is 27.7. The highest BCUT2D eigenvalue weighted by Crippen LogP contribution is 2.42. The van der Waals surface area contributed by atoms with E-state index in [1.165, 1.54) is 4.40 Å². The summed E-state index contributed by atoms with van der Waals surface area (Å²) < 4.78 is 7.08. The highest BCUT2D eigenvalue weighted by molar-refractivity contribution is 6.39. The largest absolute Gasteiger partial charge is 0.481 e. The van der Waals surface area contributed by atoms with Gasteiger partial charge in [0.1, 0.15) is 5.65 Å². The average molecular weight is 663 g/mol. The minimum atomic E-state index is -0.515. The number of pyridine rings is 2. The van der Waals surface area contributed by atoms with Crippen LogP contribution in [0.1, 0.15) is 30.7 Å².